The Morgan fingerprint density at radius 1 is 1.38 bits per heavy atom. The lowest BCUT2D eigenvalue weighted by Gasteiger charge is -2.02. The molecule has 0 saturated heterocycles. The third-order valence-electron chi connectivity index (χ3n) is 2.06. The third kappa shape index (κ3) is 2.42. The molecule has 16 heavy (non-hydrogen) atoms. The molecule has 2 heterocycles. The van der Waals surface area contributed by atoms with E-state index in [1.165, 1.54) is 0 Å². The lowest BCUT2D eigenvalue weighted by atomic mass is 10.3. The van der Waals surface area contributed by atoms with Crippen LogP contribution in [0.15, 0.2) is 22.8 Å². The molecule has 0 amide bonds. The highest BCUT2D eigenvalue weighted by Gasteiger charge is 2.09. The van der Waals surface area contributed by atoms with Crippen molar-refractivity contribution in [3.63, 3.8) is 0 Å². The summed E-state index contributed by atoms with van der Waals surface area (Å²) < 4.78 is 2.64. The molecule has 2 N–H and O–H groups in total. The van der Waals surface area contributed by atoms with Gasteiger partial charge in [0.25, 0.3) is 0 Å². The molecule has 6 nitrogen and oxygen atoms in total. The van der Waals surface area contributed by atoms with Crippen LogP contribution in [0.5, 0.6) is 0 Å². The molecule has 0 aromatic carbocycles. The number of nitrogens with two attached hydrogens (primary N) is 1. The minimum absolute atomic E-state index is 0.618. The van der Waals surface area contributed by atoms with Crippen LogP contribution < -0.4 is 5.73 Å². The number of nitrogens with zero attached hydrogens (tertiary/aromatic N) is 5. The second-order valence-corrected chi connectivity index (χ2v) is 4.15. The maximum absolute atomic E-state index is 5.45. The molecule has 2 aromatic rings. The number of rotatable bonds is 4. The average Bonchev–Trinajstić information content (AvgIpc) is 2.75. The van der Waals surface area contributed by atoms with Gasteiger partial charge >= 0.3 is 0 Å². The number of tetrazole rings is 1. The second kappa shape index (κ2) is 5.13. The average molecular weight is 283 g/mol. The van der Waals surface area contributed by atoms with E-state index in [-0.39, 0.29) is 0 Å². The lowest BCUT2D eigenvalue weighted by Crippen LogP contribution is -2.08. The Balaban J connectivity index is 2.26. The molecule has 0 radical (unpaired) electrons. The van der Waals surface area contributed by atoms with Crippen LogP contribution in [0.25, 0.3) is 11.5 Å². The van der Waals surface area contributed by atoms with E-state index in [9.17, 15) is 0 Å². The highest BCUT2D eigenvalue weighted by Crippen LogP contribution is 2.15. The second-order valence-electron chi connectivity index (χ2n) is 3.23. The number of hydrogen-bond acceptors (Lipinski definition) is 5. The SMILES string of the molecule is NCCCn1nnnc1-c1ccc(Br)cn1. The summed E-state index contributed by atoms with van der Waals surface area (Å²) >= 11 is 3.33. The minimum Gasteiger partial charge on any atom is -0.330 e. The molecule has 0 bridgehead atoms. The number of aryl methyl sites for hydroxylation is 1. The first-order valence-electron chi connectivity index (χ1n) is 4.89. The molecular weight excluding hydrogens is 272 g/mol. The fourth-order valence-corrected chi connectivity index (χ4v) is 1.52. The van der Waals surface area contributed by atoms with Crippen LogP contribution in [0.2, 0.25) is 0 Å². The van der Waals surface area contributed by atoms with Crippen LogP contribution >= 0.6 is 15.9 Å². The first kappa shape index (κ1) is 11.2. The molecule has 0 aliphatic rings. The van der Waals surface area contributed by atoms with Crippen molar-refractivity contribution in [2.24, 2.45) is 5.73 Å². The van der Waals surface area contributed by atoms with Gasteiger partial charge in [0.15, 0.2) is 0 Å². The van der Waals surface area contributed by atoms with E-state index in [1.807, 2.05) is 12.1 Å². The van der Waals surface area contributed by atoms with Gasteiger partial charge in [-0.05, 0) is 51.5 Å². The van der Waals surface area contributed by atoms with Crippen LogP contribution in [0.1, 0.15) is 6.42 Å². The molecule has 0 spiro atoms. The predicted molar refractivity (Wildman–Crippen MR) is 62.4 cm³/mol. The smallest absolute Gasteiger partial charge is 0.200 e. The summed E-state index contributed by atoms with van der Waals surface area (Å²) in [6.45, 7) is 1.32. The van der Waals surface area contributed by atoms with Crippen molar-refractivity contribution in [3.05, 3.63) is 22.8 Å². The fraction of sp³-hybridized carbons (Fsp3) is 0.333. The molecule has 0 aliphatic carbocycles. The zero-order chi connectivity index (χ0) is 11.4. The van der Waals surface area contributed by atoms with Crippen molar-refractivity contribution in [2.75, 3.05) is 6.54 Å². The summed E-state index contributed by atoms with van der Waals surface area (Å²) in [5, 5.41) is 11.5. The molecule has 0 aliphatic heterocycles. The Bertz CT molecular complexity index is 451. The van der Waals surface area contributed by atoms with Crippen molar-refractivity contribution >= 4 is 15.9 Å². The number of aromatic nitrogens is 5. The van der Waals surface area contributed by atoms with Crippen LogP contribution in [-0.4, -0.2) is 31.7 Å². The van der Waals surface area contributed by atoms with Gasteiger partial charge in [-0.15, -0.1) is 5.10 Å². The molecule has 84 valence electrons. The Morgan fingerprint density at radius 3 is 2.94 bits per heavy atom. The van der Waals surface area contributed by atoms with Gasteiger partial charge in [0, 0.05) is 17.2 Å². The van der Waals surface area contributed by atoms with Crippen LogP contribution in [0.4, 0.5) is 0 Å². The molecule has 0 atom stereocenters. The Hall–Kier alpha value is -1.34. The first-order valence-corrected chi connectivity index (χ1v) is 5.68. The summed E-state index contributed by atoms with van der Waals surface area (Å²) in [6.07, 6.45) is 2.56. The van der Waals surface area contributed by atoms with Crippen molar-refractivity contribution in [3.8, 4) is 11.5 Å². The van der Waals surface area contributed by atoms with Gasteiger partial charge in [-0.25, -0.2) is 4.68 Å². The van der Waals surface area contributed by atoms with Crippen LogP contribution in [0, 0.1) is 0 Å². The van der Waals surface area contributed by atoms with Gasteiger partial charge in [-0.1, -0.05) is 0 Å². The van der Waals surface area contributed by atoms with Crippen molar-refractivity contribution in [1.29, 1.82) is 0 Å². The van der Waals surface area contributed by atoms with Crippen molar-refractivity contribution in [1.82, 2.24) is 25.2 Å². The van der Waals surface area contributed by atoms with E-state index in [0.717, 1.165) is 16.6 Å². The highest BCUT2D eigenvalue weighted by atomic mass is 79.9. The number of halogens is 1. The number of hydrogen-bond donors (Lipinski definition) is 1. The summed E-state index contributed by atoms with van der Waals surface area (Å²) in [5.41, 5.74) is 6.20. The Labute approximate surface area is 101 Å². The zero-order valence-corrected chi connectivity index (χ0v) is 10.1. The van der Waals surface area contributed by atoms with Gasteiger partial charge in [-0.2, -0.15) is 0 Å². The van der Waals surface area contributed by atoms with Crippen LogP contribution in [-0.2, 0) is 6.54 Å². The van der Waals surface area contributed by atoms with Crippen molar-refractivity contribution in [2.45, 2.75) is 13.0 Å². The normalized spacial score (nSPS) is 10.6. The molecule has 7 heteroatoms. The largest absolute Gasteiger partial charge is 0.330 e. The monoisotopic (exact) mass is 282 g/mol. The summed E-state index contributed by atoms with van der Waals surface area (Å²) in [5.74, 6) is 0.668. The molecule has 0 unspecified atom stereocenters. The maximum atomic E-state index is 5.45. The van der Waals surface area contributed by atoms with E-state index in [1.54, 1.807) is 10.9 Å². The topological polar surface area (TPSA) is 82.5 Å². The van der Waals surface area contributed by atoms with E-state index in [0.29, 0.717) is 18.9 Å². The summed E-state index contributed by atoms with van der Waals surface area (Å²) in [7, 11) is 0. The van der Waals surface area contributed by atoms with Gasteiger partial charge in [0.2, 0.25) is 5.82 Å². The molecule has 0 fully saturated rings. The van der Waals surface area contributed by atoms with E-state index in [2.05, 4.69) is 36.4 Å². The molecule has 0 saturated carbocycles. The zero-order valence-electron chi connectivity index (χ0n) is 8.54. The van der Waals surface area contributed by atoms with E-state index < -0.39 is 0 Å². The van der Waals surface area contributed by atoms with E-state index >= 15 is 0 Å². The lowest BCUT2D eigenvalue weighted by molar-refractivity contribution is 0.568. The Morgan fingerprint density at radius 2 is 2.25 bits per heavy atom. The van der Waals surface area contributed by atoms with Crippen molar-refractivity contribution < 1.29 is 0 Å². The first-order chi connectivity index (χ1) is 7.81. The standard InChI is InChI=1S/C9H11BrN6/c10-7-2-3-8(12-6-7)9-13-14-15-16(9)5-1-4-11/h2-3,6H,1,4-5,11H2. The Kier molecular flexibility index (Phi) is 3.58. The molecule has 2 aromatic heterocycles. The van der Waals surface area contributed by atoms with E-state index in [4.69, 9.17) is 5.73 Å². The number of pyridine rings is 1. The highest BCUT2D eigenvalue weighted by molar-refractivity contribution is 9.10. The predicted octanol–water partition coefficient (Wildman–Crippen LogP) is 0.846. The van der Waals surface area contributed by atoms with Crippen LogP contribution in [0.3, 0.4) is 0 Å². The maximum Gasteiger partial charge on any atom is 0.200 e. The van der Waals surface area contributed by atoms with Gasteiger partial charge in [0.05, 0.1) is 0 Å². The van der Waals surface area contributed by atoms with Gasteiger partial charge in [0.1, 0.15) is 5.69 Å². The van der Waals surface area contributed by atoms with Gasteiger partial charge in [-0.3, -0.25) is 4.98 Å². The quantitative estimate of drug-likeness (QED) is 0.899. The summed E-state index contributed by atoms with van der Waals surface area (Å²) in [6, 6.07) is 3.78. The third-order valence-corrected chi connectivity index (χ3v) is 2.53. The summed E-state index contributed by atoms with van der Waals surface area (Å²) in [4.78, 5) is 4.25. The molecule has 2 rings (SSSR count). The van der Waals surface area contributed by atoms with Gasteiger partial charge < -0.3 is 5.73 Å². The fourth-order valence-electron chi connectivity index (χ4n) is 1.29. The molecular formula is C9H11BrN6. The minimum atomic E-state index is 0.618.